The Morgan fingerprint density at radius 2 is 2.04 bits per heavy atom. The van der Waals surface area contributed by atoms with Gasteiger partial charge in [-0.05, 0) is 32.6 Å². The first-order valence-corrected chi connectivity index (χ1v) is 8.59. The monoisotopic (exact) mass is 358 g/mol. The highest BCUT2D eigenvalue weighted by molar-refractivity contribution is 6.39. The molecule has 3 heterocycles. The zero-order chi connectivity index (χ0) is 18.8. The van der Waals surface area contributed by atoms with Gasteiger partial charge in [0.1, 0.15) is 5.82 Å². The van der Waals surface area contributed by atoms with Gasteiger partial charge in [-0.15, -0.1) is 0 Å². The molecule has 0 spiro atoms. The third-order valence-corrected chi connectivity index (χ3v) is 4.27. The summed E-state index contributed by atoms with van der Waals surface area (Å²) in [7, 11) is 0. The molecule has 0 bridgehead atoms. The van der Waals surface area contributed by atoms with Gasteiger partial charge in [0.05, 0.1) is 5.69 Å². The quantitative estimate of drug-likeness (QED) is 0.770. The molecule has 0 radical (unpaired) electrons. The summed E-state index contributed by atoms with van der Waals surface area (Å²) in [6.45, 7) is 6.66. The van der Waals surface area contributed by atoms with Gasteiger partial charge in [-0.25, -0.2) is 4.98 Å². The maximum Gasteiger partial charge on any atom is 0.315 e. The number of piperidine rings is 1. The average molecular weight is 358 g/mol. The Hall–Kier alpha value is -2.97. The highest BCUT2D eigenvalue weighted by Crippen LogP contribution is 2.17. The summed E-state index contributed by atoms with van der Waals surface area (Å²) in [5.41, 5.74) is 0.812. The summed E-state index contributed by atoms with van der Waals surface area (Å²) in [6, 6.07) is 2.98. The van der Waals surface area contributed by atoms with Crippen LogP contribution in [0.4, 0.5) is 5.82 Å². The van der Waals surface area contributed by atoms with Crippen LogP contribution >= 0.6 is 0 Å². The Kier molecular flexibility index (Phi) is 4.88. The first-order chi connectivity index (χ1) is 12.3. The fourth-order valence-corrected chi connectivity index (χ4v) is 3.10. The molecule has 1 aliphatic heterocycles. The Bertz CT molecular complexity index is 900. The van der Waals surface area contributed by atoms with E-state index in [4.69, 9.17) is 0 Å². The SMILES string of the molecule is Cc1cc(=O)[nH]c(-n2nc(C)cc2NC(=O)C(=O)N2CCC[C@H](C)C2)n1. The number of aromatic nitrogens is 4. The van der Waals surface area contributed by atoms with Crippen LogP contribution in [0.3, 0.4) is 0 Å². The van der Waals surface area contributed by atoms with Gasteiger partial charge in [-0.2, -0.15) is 9.78 Å². The number of nitrogens with one attached hydrogen (secondary N) is 2. The lowest BCUT2D eigenvalue weighted by Gasteiger charge is -2.30. The summed E-state index contributed by atoms with van der Waals surface area (Å²) >= 11 is 0. The zero-order valence-electron chi connectivity index (χ0n) is 15.1. The van der Waals surface area contributed by atoms with E-state index < -0.39 is 11.8 Å². The molecule has 0 saturated carbocycles. The summed E-state index contributed by atoms with van der Waals surface area (Å²) in [4.78, 5) is 44.9. The van der Waals surface area contributed by atoms with Crippen molar-refractivity contribution in [3.05, 3.63) is 33.9 Å². The number of aryl methyl sites for hydroxylation is 2. The molecule has 3 rings (SSSR count). The van der Waals surface area contributed by atoms with Gasteiger partial charge in [0.15, 0.2) is 0 Å². The minimum absolute atomic E-state index is 0.178. The van der Waals surface area contributed by atoms with Gasteiger partial charge in [-0.3, -0.25) is 19.4 Å². The Balaban J connectivity index is 1.83. The van der Waals surface area contributed by atoms with E-state index in [1.807, 2.05) is 0 Å². The molecule has 138 valence electrons. The van der Waals surface area contributed by atoms with Gasteiger partial charge in [0.2, 0.25) is 5.95 Å². The third-order valence-electron chi connectivity index (χ3n) is 4.27. The van der Waals surface area contributed by atoms with E-state index in [0.29, 0.717) is 30.4 Å². The van der Waals surface area contributed by atoms with E-state index in [1.165, 1.54) is 10.7 Å². The normalized spacial score (nSPS) is 17.2. The topological polar surface area (TPSA) is 113 Å². The van der Waals surface area contributed by atoms with E-state index >= 15 is 0 Å². The van der Waals surface area contributed by atoms with Crippen LogP contribution in [0.2, 0.25) is 0 Å². The van der Waals surface area contributed by atoms with Gasteiger partial charge in [-0.1, -0.05) is 6.92 Å². The van der Waals surface area contributed by atoms with E-state index in [9.17, 15) is 14.4 Å². The lowest BCUT2D eigenvalue weighted by atomic mass is 10.0. The van der Waals surface area contributed by atoms with E-state index in [2.05, 4.69) is 27.3 Å². The third kappa shape index (κ3) is 3.81. The Morgan fingerprint density at radius 3 is 2.73 bits per heavy atom. The molecule has 1 aliphatic rings. The van der Waals surface area contributed by atoms with Crippen molar-refractivity contribution in [1.82, 2.24) is 24.6 Å². The van der Waals surface area contributed by atoms with Crippen LogP contribution in [0.25, 0.3) is 5.95 Å². The average Bonchev–Trinajstić information content (AvgIpc) is 2.93. The van der Waals surface area contributed by atoms with Gasteiger partial charge < -0.3 is 10.2 Å². The van der Waals surface area contributed by atoms with E-state index in [0.717, 1.165) is 12.8 Å². The molecule has 1 saturated heterocycles. The van der Waals surface area contributed by atoms with Crippen LogP contribution in [0.15, 0.2) is 16.9 Å². The van der Waals surface area contributed by atoms with Crippen LogP contribution in [-0.4, -0.2) is 49.6 Å². The smallest absolute Gasteiger partial charge is 0.315 e. The number of likely N-dealkylation sites (tertiary alicyclic amines) is 1. The van der Waals surface area contributed by atoms with Crippen molar-refractivity contribution in [2.75, 3.05) is 18.4 Å². The minimum Gasteiger partial charge on any atom is -0.334 e. The van der Waals surface area contributed by atoms with Gasteiger partial charge in [0, 0.05) is 30.9 Å². The summed E-state index contributed by atoms with van der Waals surface area (Å²) in [6.07, 6.45) is 1.95. The first-order valence-electron chi connectivity index (χ1n) is 8.59. The van der Waals surface area contributed by atoms with E-state index in [-0.39, 0.29) is 17.3 Å². The molecular formula is C17H22N6O3. The van der Waals surface area contributed by atoms with Gasteiger partial charge >= 0.3 is 11.8 Å². The molecule has 9 nitrogen and oxygen atoms in total. The second-order valence-corrected chi connectivity index (χ2v) is 6.75. The second-order valence-electron chi connectivity index (χ2n) is 6.75. The molecule has 0 aliphatic carbocycles. The number of hydrogen-bond acceptors (Lipinski definition) is 5. The molecule has 2 amide bonds. The summed E-state index contributed by atoms with van der Waals surface area (Å²) < 4.78 is 1.31. The molecule has 0 aromatic carbocycles. The Morgan fingerprint density at radius 1 is 1.27 bits per heavy atom. The van der Waals surface area contributed by atoms with Crippen LogP contribution < -0.4 is 10.9 Å². The summed E-state index contributed by atoms with van der Waals surface area (Å²) in [5.74, 6) is -0.449. The molecular weight excluding hydrogens is 336 g/mol. The van der Waals surface area contributed by atoms with Crippen molar-refractivity contribution in [3.8, 4) is 5.95 Å². The van der Waals surface area contributed by atoms with Crippen molar-refractivity contribution in [3.63, 3.8) is 0 Å². The van der Waals surface area contributed by atoms with Crippen molar-refractivity contribution in [2.24, 2.45) is 5.92 Å². The van der Waals surface area contributed by atoms with Crippen molar-refractivity contribution < 1.29 is 9.59 Å². The number of amides is 2. The minimum atomic E-state index is -0.727. The lowest BCUT2D eigenvalue weighted by Crippen LogP contribution is -2.44. The van der Waals surface area contributed by atoms with Crippen LogP contribution in [0.1, 0.15) is 31.2 Å². The fourth-order valence-electron chi connectivity index (χ4n) is 3.10. The number of nitrogens with zero attached hydrogens (tertiary/aromatic N) is 4. The molecule has 1 atom stereocenters. The van der Waals surface area contributed by atoms with Crippen LogP contribution in [0.5, 0.6) is 0 Å². The second kappa shape index (κ2) is 7.11. The van der Waals surface area contributed by atoms with Crippen molar-refractivity contribution >= 4 is 17.6 Å². The predicted octanol–water partition coefficient (Wildman–Crippen LogP) is 0.769. The van der Waals surface area contributed by atoms with Crippen molar-refractivity contribution in [1.29, 1.82) is 0 Å². The molecule has 1 fully saturated rings. The molecule has 2 aromatic heterocycles. The van der Waals surface area contributed by atoms with E-state index in [1.54, 1.807) is 24.8 Å². The first kappa shape index (κ1) is 17.8. The molecule has 2 aromatic rings. The number of carbonyl (C=O) groups is 2. The molecule has 2 N–H and O–H groups in total. The van der Waals surface area contributed by atoms with Gasteiger partial charge in [0.25, 0.3) is 5.56 Å². The van der Waals surface area contributed by atoms with Crippen molar-refractivity contribution in [2.45, 2.75) is 33.6 Å². The fraction of sp³-hybridized carbons (Fsp3) is 0.471. The van der Waals surface area contributed by atoms with Crippen LogP contribution in [-0.2, 0) is 9.59 Å². The standard InChI is InChI=1S/C17H22N6O3/c1-10-5-4-6-22(9-10)16(26)15(25)19-13-7-12(3)21-23(13)17-18-11(2)8-14(24)20-17/h7-8,10H,4-6,9H2,1-3H3,(H,19,25)(H,18,20,24)/t10-/m0/s1. The maximum absolute atomic E-state index is 12.4. The predicted molar refractivity (Wildman–Crippen MR) is 95.1 cm³/mol. The summed E-state index contributed by atoms with van der Waals surface area (Å²) in [5, 5.41) is 6.83. The number of hydrogen-bond donors (Lipinski definition) is 2. The zero-order valence-corrected chi connectivity index (χ0v) is 15.1. The Labute approximate surface area is 150 Å². The highest BCUT2D eigenvalue weighted by Gasteiger charge is 2.27. The number of H-pyrrole nitrogens is 1. The highest BCUT2D eigenvalue weighted by atomic mass is 16.2. The number of aromatic amines is 1. The number of rotatable bonds is 2. The number of anilines is 1. The van der Waals surface area contributed by atoms with Crippen LogP contribution in [0, 0.1) is 19.8 Å². The lowest BCUT2D eigenvalue weighted by molar-refractivity contribution is -0.144. The molecule has 26 heavy (non-hydrogen) atoms. The molecule has 0 unspecified atom stereocenters. The largest absolute Gasteiger partial charge is 0.334 e. The number of carbonyl (C=O) groups excluding carboxylic acids is 2. The molecule has 9 heteroatoms. The maximum atomic E-state index is 12.4.